The van der Waals surface area contributed by atoms with Gasteiger partial charge in [-0.25, -0.2) is 0 Å². The summed E-state index contributed by atoms with van der Waals surface area (Å²) in [6.45, 7) is 9.85. The molecule has 1 unspecified atom stereocenters. The molecular formula is C9H18O. The topological polar surface area (TPSA) is 20.2 Å². The summed E-state index contributed by atoms with van der Waals surface area (Å²) in [6, 6.07) is 0. The Bertz CT molecular complexity index is 105. The molecule has 0 saturated heterocycles. The third-order valence-corrected chi connectivity index (χ3v) is 1.86. The van der Waals surface area contributed by atoms with E-state index in [-0.39, 0.29) is 6.10 Å². The summed E-state index contributed by atoms with van der Waals surface area (Å²) >= 11 is 0. The van der Waals surface area contributed by atoms with Crippen molar-refractivity contribution in [3.8, 4) is 0 Å². The van der Waals surface area contributed by atoms with Gasteiger partial charge in [0, 0.05) is 0 Å². The van der Waals surface area contributed by atoms with Gasteiger partial charge in [0.05, 0.1) is 6.10 Å². The minimum Gasteiger partial charge on any atom is -0.393 e. The maximum Gasteiger partial charge on any atom is 0.0512 e. The fourth-order valence-corrected chi connectivity index (χ4v) is 0.738. The molecule has 0 saturated carbocycles. The van der Waals surface area contributed by atoms with Crippen molar-refractivity contribution < 1.29 is 5.11 Å². The molecule has 10 heavy (non-hydrogen) atoms. The normalized spacial score (nSPS) is 16.4. The summed E-state index contributed by atoms with van der Waals surface area (Å²) in [5, 5.41) is 8.95. The van der Waals surface area contributed by atoms with Crippen molar-refractivity contribution in [2.75, 3.05) is 0 Å². The van der Waals surface area contributed by atoms with E-state index in [1.165, 1.54) is 5.57 Å². The number of hydrogen-bond donors (Lipinski definition) is 1. The average Bonchev–Trinajstić information content (AvgIpc) is 1.82. The van der Waals surface area contributed by atoms with Gasteiger partial charge in [-0.3, -0.25) is 0 Å². The molecule has 0 aromatic carbocycles. The lowest BCUT2D eigenvalue weighted by atomic mass is 9.97. The number of hydrogen-bond acceptors (Lipinski definition) is 1. The Balaban J connectivity index is 3.40. The lowest BCUT2D eigenvalue weighted by molar-refractivity contribution is 0.177. The molecule has 0 aliphatic carbocycles. The van der Waals surface area contributed by atoms with E-state index in [1.54, 1.807) is 0 Å². The first-order valence-corrected chi connectivity index (χ1v) is 3.87. The largest absolute Gasteiger partial charge is 0.393 e. The third-order valence-electron chi connectivity index (χ3n) is 1.86. The Morgan fingerprint density at radius 1 is 1.40 bits per heavy atom. The van der Waals surface area contributed by atoms with Crippen LogP contribution in [0.5, 0.6) is 0 Å². The van der Waals surface area contributed by atoms with E-state index < -0.39 is 0 Å². The molecule has 2 atom stereocenters. The van der Waals surface area contributed by atoms with Crippen LogP contribution in [0.25, 0.3) is 0 Å². The fraction of sp³-hybridized carbons (Fsp3) is 0.778. The van der Waals surface area contributed by atoms with Crippen molar-refractivity contribution in [2.45, 2.75) is 39.7 Å². The molecule has 1 nitrogen and oxygen atoms in total. The predicted molar refractivity (Wildman–Crippen MR) is 44.9 cm³/mol. The monoisotopic (exact) mass is 142 g/mol. The van der Waals surface area contributed by atoms with E-state index >= 15 is 0 Å². The smallest absolute Gasteiger partial charge is 0.0512 e. The molecule has 0 bridgehead atoms. The van der Waals surface area contributed by atoms with E-state index in [0.29, 0.717) is 5.92 Å². The highest BCUT2D eigenvalue weighted by molar-refractivity contribution is 4.93. The molecule has 0 spiro atoms. The second kappa shape index (κ2) is 4.51. The van der Waals surface area contributed by atoms with Crippen molar-refractivity contribution in [3.63, 3.8) is 0 Å². The Kier molecular flexibility index (Phi) is 4.37. The highest BCUT2D eigenvalue weighted by Gasteiger charge is 2.03. The molecule has 0 aromatic rings. The standard InChI is InChI=1S/C9H18O/c1-7(2)8(3)5-6-9(4)10/h8-10H,1,5-6H2,2-4H3/t8-,9?/m0/s1. The number of aliphatic hydroxyl groups is 1. The molecule has 60 valence electrons. The van der Waals surface area contributed by atoms with Crippen LogP contribution in [-0.4, -0.2) is 11.2 Å². The third kappa shape index (κ3) is 4.57. The Hall–Kier alpha value is -0.300. The van der Waals surface area contributed by atoms with E-state index in [2.05, 4.69) is 13.5 Å². The molecular weight excluding hydrogens is 124 g/mol. The molecule has 0 aliphatic heterocycles. The number of aliphatic hydroxyl groups excluding tert-OH is 1. The second-order valence-electron chi connectivity index (χ2n) is 3.17. The lowest BCUT2D eigenvalue weighted by Crippen LogP contribution is -2.03. The van der Waals surface area contributed by atoms with Crippen LogP contribution in [0.3, 0.4) is 0 Å². The van der Waals surface area contributed by atoms with Gasteiger partial charge in [0.1, 0.15) is 0 Å². The zero-order valence-electron chi connectivity index (χ0n) is 7.22. The van der Waals surface area contributed by atoms with Crippen molar-refractivity contribution in [2.24, 2.45) is 5.92 Å². The van der Waals surface area contributed by atoms with Crippen LogP contribution >= 0.6 is 0 Å². The summed E-state index contributed by atoms with van der Waals surface area (Å²) in [7, 11) is 0. The van der Waals surface area contributed by atoms with E-state index in [0.717, 1.165) is 12.8 Å². The summed E-state index contributed by atoms with van der Waals surface area (Å²) in [5.41, 5.74) is 1.21. The van der Waals surface area contributed by atoms with Crippen molar-refractivity contribution in [1.29, 1.82) is 0 Å². The van der Waals surface area contributed by atoms with Crippen LogP contribution in [0.4, 0.5) is 0 Å². The van der Waals surface area contributed by atoms with Crippen LogP contribution in [-0.2, 0) is 0 Å². The summed E-state index contributed by atoms with van der Waals surface area (Å²) in [5.74, 6) is 0.551. The molecule has 1 heteroatoms. The van der Waals surface area contributed by atoms with E-state index in [1.807, 2.05) is 13.8 Å². The quantitative estimate of drug-likeness (QED) is 0.597. The molecule has 1 N–H and O–H groups in total. The minimum atomic E-state index is -0.165. The maximum absolute atomic E-state index is 8.95. The van der Waals surface area contributed by atoms with Gasteiger partial charge >= 0.3 is 0 Å². The van der Waals surface area contributed by atoms with Gasteiger partial charge in [-0.15, -0.1) is 0 Å². The summed E-state index contributed by atoms with van der Waals surface area (Å²) in [6.07, 6.45) is 1.77. The van der Waals surface area contributed by atoms with Crippen LogP contribution in [0.2, 0.25) is 0 Å². The molecule has 0 aliphatic rings. The summed E-state index contributed by atoms with van der Waals surface area (Å²) in [4.78, 5) is 0. The van der Waals surface area contributed by atoms with Crippen LogP contribution in [0.1, 0.15) is 33.6 Å². The van der Waals surface area contributed by atoms with Gasteiger partial charge in [-0.2, -0.15) is 0 Å². The zero-order valence-corrected chi connectivity index (χ0v) is 7.22. The SMILES string of the molecule is C=C(C)[C@@H](C)CCC(C)O. The minimum absolute atomic E-state index is 0.165. The van der Waals surface area contributed by atoms with E-state index in [4.69, 9.17) is 5.11 Å². The first-order valence-electron chi connectivity index (χ1n) is 3.87. The molecule has 0 amide bonds. The Morgan fingerprint density at radius 2 is 1.90 bits per heavy atom. The van der Waals surface area contributed by atoms with Gasteiger partial charge in [0.15, 0.2) is 0 Å². The van der Waals surface area contributed by atoms with Gasteiger partial charge in [0.25, 0.3) is 0 Å². The average molecular weight is 142 g/mol. The maximum atomic E-state index is 8.95. The van der Waals surface area contributed by atoms with Crippen LogP contribution < -0.4 is 0 Å². The van der Waals surface area contributed by atoms with Gasteiger partial charge in [-0.05, 0) is 32.6 Å². The predicted octanol–water partition coefficient (Wildman–Crippen LogP) is 2.36. The molecule has 0 fully saturated rings. The van der Waals surface area contributed by atoms with Gasteiger partial charge < -0.3 is 5.11 Å². The molecule has 0 heterocycles. The molecule has 0 aromatic heterocycles. The summed E-state index contributed by atoms with van der Waals surface area (Å²) < 4.78 is 0. The van der Waals surface area contributed by atoms with Gasteiger partial charge in [-0.1, -0.05) is 19.1 Å². The van der Waals surface area contributed by atoms with Crippen LogP contribution in [0.15, 0.2) is 12.2 Å². The fourth-order valence-electron chi connectivity index (χ4n) is 0.738. The zero-order chi connectivity index (χ0) is 8.15. The molecule has 0 radical (unpaired) electrons. The van der Waals surface area contributed by atoms with E-state index in [9.17, 15) is 0 Å². The Morgan fingerprint density at radius 3 is 2.20 bits per heavy atom. The number of rotatable bonds is 4. The highest BCUT2D eigenvalue weighted by atomic mass is 16.3. The van der Waals surface area contributed by atoms with Crippen molar-refractivity contribution in [3.05, 3.63) is 12.2 Å². The second-order valence-corrected chi connectivity index (χ2v) is 3.17. The van der Waals surface area contributed by atoms with Crippen molar-refractivity contribution in [1.82, 2.24) is 0 Å². The first kappa shape index (κ1) is 9.70. The lowest BCUT2D eigenvalue weighted by Gasteiger charge is -2.11. The van der Waals surface area contributed by atoms with Crippen LogP contribution in [0, 0.1) is 5.92 Å². The Labute approximate surface area is 63.8 Å². The van der Waals surface area contributed by atoms with Crippen molar-refractivity contribution >= 4 is 0 Å². The number of allylic oxidation sites excluding steroid dienone is 1. The first-order chi connectivity index (χ1) is 4.54. The van der Waals surface area contributed by atoms with Gasteiger partial charge in [0.2, 0.25) is 0 Å². The highest BCUT2D eigenvalue weighted by Crippen LogP contribution is 2.14. The molecule has 0 rings (SSSR count).